The molecule has 7 heteroatoms. The van der Waals surface area contributed by atoms with Gasteiger partial charge in [-0.3, -0.25) is 14.2 Å². The molecule has 3 aromatic rings. The molecule has 1 aliphatic heterocycles. The van der Waals surface area contributed by atoms with Crippen molar-refractivity contribution < 1.29 is 18.7 Å². The molecule has 1 aliphatic rings. The summed E-state index contributed by atoms with van der Waals surface area (Å²) in [6.07, 6.45) is 1.48. The molecular weight excluding hydrogens is 396 g/mol. The van der Waals surface area contributed by atoms with Crippen LogP contribution in [0.15, 0.2) is 45.6 Å². The van der Waals surface area contributed by atoms with Crippen LogP contribution in [0.1, 0.15) is 34.3 Å². The molecule has 0 unspecified atom stereocenters. The summed E-state index contributed by atoms with van der Waals surface area (Å²) >= 11 is 0. The number of amides is 1. The van der Waals surface area contributed by atoms with Gasteiger partial charge in [0.2, 0.25) is 5.91 Å². The zero-order chi connectivity index (χ0) is 22.1. The number of para-hydroxylation sites is 2. The van der Waals surface area contributed by atoms with Gasteiger partial charge in [0.25, 0.3) is 0 Å². The number of ether oxygens (including phenoxy) is 1. The Kier molecular flexibility index (Phi) is 5.67. The predicted molar refractivity (Wildman–Crippen MR) is 117 cm³/mol. The van der Waals surface area contributed by atoms with E-state index in [1.165, 1.54) is 4.57 Å². The number of rotatable bonds is 5. The fourth-order valence-corrected chi connectivity index (χ4v) is 4.47. The van der Waals surface area contributed by atoms with Crippen molar-refractivity contribution >= 4 is 22.8 Å². The van der Waals surface area contributed by atoms with E-state index in [0.717, 1.165) is 29.7 Å². The number of likely N-dealkylation sites (tertiary alicyclic amines) is 1. The van der Waals surface area contributed by atoms with E-state index >= 15 is 0 Å². The fourth-order valence-electron chi connectivity index (χ4n) is 4.47. The summed E-state index contributed by atoms with van der Waals surface area (Å²) in [5.41, 5.74) is 3.53. The van der Waals surface area contributed by atoms with Crippen molar-refractivity contribution in [3.63, 3.8) is 0 Å². The average molecular weight is 422 g/mol. The van der Waals surface area contributed by atoms with Crippen LogP contribution in [0.5, 0.6) is 5.75 Å². The number of ketones is 1. The van der Waals surface area contributed by atoms with Gasteiger partial charge in [-0.15, -0.1) is 0 Å². The number of aryl methyl sites for hydroxylation is 2. The summed E-state index contributed by atoms with van der Waals surface area (Å²) in [6.45, 7) is 4.68. The maximum Gasteiger partial charge on any atom is 0.420 e. The lowest BCUT2D eigenvalue weighted by Gasteiger charge is -2.32. The molecule has 0 aliphatic carbocycles. The molecule has 1 saturated heterocycles. The molecule has 162 valence electrons. The highest BCUT2D eigenvalue weighted by atomic mass is 16.5. The first-order valence-electron chi connectivity index (χ1n) is 10.4. The first kappa shape index (κ1) is 20.9. The standard InChI is InChI=1S/C24H26N2O5/c1-15-11-18(12-16(2)23(15)30-3)22(28)17-7-6-10-25(13-17)21(27)14-26-19-8-4-5-9-20(19)31-24(26)29/h4-5,8-9,11-12,17H,6-7,10,13-14H2,1-3H3/t17-/m0/s1. The molecule has 1 atom stereocenters. The number of Topliss-reactive ketones (excluding diaryl/α,β-unsaturated/α-hetero) is 1. The van der Waals surface area contributed by atoms with Crippen LogP contribution in [-0.4, -0.2) is 41.4 Å². The van der Waals surface area contributed by atoms with Crippen molar-refractivity contribution in [2.24, 2.45) is 5.92 Å². The number of hydrogen-bond donors (Lipinski definition) is 0. The zero-order valence-electron chi connectivity index (χ0n) is 18.0. The summed E-state index contributed by atoms with van der Waals surface area (Å²) in [7, 11) is 1.62. The Morgan fingerprint density at radius 3 is 2.58 bits per heavy atom. The van der Waals surface area contributed by atoms with Gasteiger partial charge in [0, 0.05) is 24.6 Å². The molecule has 1 fully saturated rings. The first-order chi connectivity index (χ1) is 14.9. The zero-order valence-corrected chi connectivity index (χ0v) is 18.0. The molecular formula is C24H26N2O5. The van der Waals surface area contributed by atoms with E-state index in [2.05, 4.69) is 0 Å². The quantitative estimate of drug-likeness (QED) is 0.589. The van der Waals surface area contributed by atoms with Crippen LogP contribution in [0.4, 0.5) is 0 Å². The number of carbonyl (C=O) groups excluding carboxylic acids is 2. The van der Waals surface area contributed by atoms with Gasteiger partial charge in [0.05, 0.1) is 12.6 Å². The molecule has 31 heavy (non-hydrogen) atoms. The van der Waals surface area contributed by atoms with Crippen molar-refractivity contribution in [3.05, 3.63) is 63.6 Å². The largest absolute Gasteiger partial charge is 0.496 e. The minimum atomic E-state index is -0.552. The lowest BCUT2D eigenvalue weighted by atomic mass is 9.88. The molecule has 1 amide bonds. The summed E-state index contributed by atoms with van der Waals surface area (Å²) in [6, 6.07) is 10.7. The number of oxazole rings is 1. The molecule has 1 aromatic heterocycles. The second-order valence-electron chi connectivity index (χ2n) is 8.11. The maximum atomic E-state index is 13.2. The van der Waals surface area contributed by atoms with Crippen molar-refractivity contribution in [1.29, 1.82) is 0 Å². The molecule has 7 nitrogen and oxygen atoms in total. The lowest BCUT2D eigenvalue weighted by molar-refractivity contribution is -0.133. The van der Waals surface area contributed by atoms with Crippen LogP contribution in [0.2, 0.25) is 0 Å². The minimum Gasteiger partial charge on any atom is -0.496 e. The molecule has 2 heterocycles. The monoisotopic (exact) mass is 422 g/mol. The van der Waals surface area contributed by atoms with Gasteiger partial charge in [-0.1, -0.05) is 12.1 Å². The highest BCUT2D eigenvalue weighted by molar-refractivity contribution is 5.99. The summed E-state index contributed by atoms with van der Waals surface area (Å²) < 4.78 is 12.0. The molecule has 0 radical (unpaired) electrons. The Morgan fingerprint density at radius 2 is 1.87 bits per heavy atom. The molecule has 0 bridgehead atoms. The predicted octanol–water partition coefficient (Wildman–Crippen LogP) is 3.34. The number of nitrogens with zero attached hydrogens (tertiary/aromatic N) is 2. The van der Waals surface area contributed by atoms with Gasteiger partial charge in [0.15, 0.2) is 11.4 Å². The number of fused-ring (bicyclic) bond motifs is 1. The molecule has 4 rings (SSSR count). The Labute approximate surface area is 180 Å². The van der Waals surface area contributed by atoms with Crippen LogP contribution in [-0.2, 0) is 11.3 Å². The van der Waals surface area contributed by atoms with Crippen LogP contribution in [0, 0.1) is 19.8 Å². The third kappa shape index (κ3) is 4.00. The van der Waals surface area contributed by atoms with E-state index in [9.17, 15) is 14.4 Å². The summed E-state index contributed by atoms with van der Waals surface area (Å²) in [5.74, 6) is -0.175. The van der Waals surface area contributed by atoms with E-state index < -0.39 is 5.76 Å². The SMILES string of the molecule is COc1c(C)cc(C(=O)[C@H]2CCCN(C(=O)Cn3c(=O)oc4ccccc43)C2)cc1C. The topological polar surface area (TPSA) is 81.8 Å². The van der Waals surface area contributed by atoms with Crippen molar-refractivity contribution in [1.82, 2.24) is 9.47 Å². The summed E-state index contributed by atoms with van der Waals surface area (Å²) in [5, 5.41) is 0. The van der Waals surface area contributed by atoms with Crippen LogP contribution >= 0.6 is 0 Å². The maximum absolute atomic E-state index is 13.2. The normalized spacial score (nSPS) is 16.5. The van der Waals surface area contributed by atoms with Gasteiger partial charge in [0.1, 0.15) is 12.3 Å². The smallest absolute Gasteiger partial charge is 0.420 e. The Bertz CT molecular complexity index is 1180. The number of benzene rings is 2. The highest BCUT2D eigenvalue weighted by Crippen LogP contribution is 2.28. The second-order valence-corrected chi connectivity index (χ2v) is 8.11. The molecule has 0 saturated carbocycles. The van der Waals surface area contributed by atoms with E-state index in [4.69, 9.17) is 9.15 Å². The van der Waals surface area contributed by atoms with Crippen molar-refractivity contribution in [3.8, 4) is 5.75 Å². The van der Waals surface area contributed by atoms with E-state index in [-0.39, 0.29) is 24.2 Å². The summed E-state index contributed by atoms with van der Waals surface area (Å²) in [4.78, 5) is 40.0. The third-order valence-corrected chi connectivity index (χ3v) is 5.96. The number of methoxy groups -OCH3 is 1. The van der Waals surface area contributed by atoms with E-state index in [1.807, 2.05) is 26.0 Å². The van der Waals surface area contributed by atoms with Gasteiger partial charge < -0.3 is 14.1 Å². The Morgan fingerprint density at radius 1 is 1.16 bits per heavy atom. The number of carbonyl (C=O) groups is 2. The van der Waals surface area contributed by atoms with Gasteiger partial charge in [-0.25, -0.2) is 4.79 Å². The number of hydrogen-bond acceptors (Lipinski definition) is 5. The van der Waals surface area contributed by atoms with E-state index in [1.54, 1.807) is 36.3 Å². The number of piperidine rings is 1. The van der Waals surface area contributed by atoms with Crippen molar-refractivity contribution in [2.75, 3.05) is 20.2 Å². The van der Waals surface area contributed by atoms with Crippen LogP contribution in [0.25, 0.3) is 11.1 Å². The number of aromatic nitrogens is 1. The second kappa shape index (κ2) is 8.41. The van der Waals surface area contributed by atoms with Gasteiger partial charge in [-0.05, 0) is 62.1 Å². The molecule has 0 N–H and O–H groups in total. The van der Waals surface area contributed by atoms with Gasteiger partial charge >= 0.3 is 5.76 Å². The fraction of sp³-hybridized carbons (Fsp3) is 0.375. The van der Waals surface area contributed by atoms with Gasteiger partial charge in [-0.2, -0.15) is 0 Å². The van der Waals surface area contributed by atoms with Crippen LogP contribution < -0.4 is 10.5 Å². The molecule has 0 spiro atoms. The first-order valence-corrected chi connectivity index (χ1v) is 10.4. The Balaban J connectivity index is 1.50. The van der Waals surface area contributed by atoms with Crippen LogP contribution in [0.3, 0.4) is 0 Å². The third-order valence-electron chi connectivity index (χ3n) is 5.96. The van der Waals surface area contributed by atoms with Crippen molar-refractivity contribution in [2.45, 2.75) is 33.2 Å². The highest BCUT2D eigenvalue weighted by Gasteiger charge is 2.30. The Hall–Kier alpha value is -3.35. The average Bonchev–Trinajstić information content (AvgIpc) is 3.08. The molecule has 2 aromatic carbocycles. The lowest BCUT2D eigenvalue weighted by Crippen LogP contribution is -2.44. The van der Waals surface area contributed by atoms with E-state index in [0.29, 0.717) is 29.8 Å². The minimum absolute atomic E-state index is 0.0391.